The molecule has 1 aromatic rings. The lowest BCUT2D eigenvalue weighted by molar-refractivity contribution is -0.786. The van der Waals surface area contributed by atoms with Gasteiger partial charge in [0.1, 0.15) is 5.69 Å². The van der Waals surface area contributed by atoms with Gasteiger partial charge < -0.3 is 4.90 Å². The average Bonchev–Trinajstić information content (AvgIpc) is 2.46. The number of rotatable bonds is 11. The summed E-state index contributed by atoms with van der Waals surface area (Å²) in [5.74, 6) is 0. The molecule has 1 nitrogen and oxygen atoms in total. The highest BCUT2D eigenvalue weighted by atomic mass is 15.1. The fraction of sp³-hybridized carbons (Fsp3) is 0.684. The monoisotopic (exact) mass is 276 g/mol. The Kier molecular flexibility index (Phi) is 9.40. The summed E-state index contributed by atoms with van der Waals surface area (Å²) in [6, 6.07) is 9.12. The van der Waals surface area contributed by atoms with Crippen LogP contribution >= 0.6 is 0 Å². The summed E-state index contributed by atoms with van der Waals surface area (Å²) >= 11 is 0. The van der Waals surface area contributed by atoms with Crippen LogP contribution in [0.25, 0.3) is 0 Å². The molecule has 0 radical (unpaired) electrons. The van der Waals surface area contributed by atoms with E-state index < -0.39 is 0 Å². The number of nitrogens with one attached hydrogen (secondary N) is 1. The first-order chi connectivity index (χ1) is 9.74. The topological polar surface area (TPSA) is 4.44 Å². The Labute approximate surface area is 126 Å². The Hall–Kier alpha value is -0.820. The Morgan fingerprint density at radius 3 is 1.70 bits per heavy atom. The maximum Gasteiger partial charge on any atom is 0.130 e. The minimum atomic E-state index is 1.25. The van der Waals surface area contributed by atoms with Gasteiger partial charge in [0.25, 0.3) is 0 Å². The number of unbranched alkanes of at least 4 members (excludes halogenated alkanes) is 8. The minimum absolute atomic E-state index is 1.25. The first-order valence-corrected chi connectivity index (χ1v) is 8.63. The van der Waals surface area contributed by atoms with Crippen LogP contribution in [0.4, 0.5) is 5.69 Å². The van der Waals surface area contributed by atoms with Crippen LogP contribution in [0.1, 0.15) is 70.3 Å². The van der Waals surface area contributed by atoms with Gasteiger partial charge in [-0.25, -0.2) is 0 Å². The summed E-state index contributed by atoms with van der Waals surface area (Å²) in [5, 5.41) is 0. The van der Waals surface area contributed by atoms with Crippen molar-refractivity contribution in [3.8, 4) is 0 Å². The lowest BCUT2D eigenvalue weighted by atomic mass is 10.0. The number of quaternary nitrogens is 1. The van der Waals surface area contributed by atoms with Crippen molar-refractivity contribution >= 4 is 5.69 Å². The molecule has 1 heteroatoms. The smallest absolute Gasteiger partial charge is 0.130 e. The second-order valence-corrected chi connectivity index (χ2v) is 6.28. The largest absolute Gasteiger partial charge is 0.307 e. The summed E-state index contributed by atoms with van der Waals surface area (Å²) in [4.78, 5) is 1.40. The van der Waals surface area contributed by atoms with Gasteiger partial charge in [-0.3, -0.25) is 0 Å². The molecule has 20 heavy (non-hydrogen) atoms. The van der Waals surface area contributed by atoms with E-state index in [0.717, 1.165) is 0 Å². The molecule has 0 fully saturated rings. The predicted octanol–water partition coefficient (Wildman–Crippen LogP) is 4.54. The van der Waals surface area contributed by atoms with Crippen LogP contribution in [0.2, 0.25) is 0 Å². The molecule has 0 aliphatic carbocycles. The molecule has 1 N–H and O–H groups in total. The van der Waals surface area contributed by atoms with E-state index in [2.05, 4.69) is 45.3 Å². The van der Waals surface area contributed by atoms with Gasteiger partial charge in [0.05, 0.1) is 14.1 Å². The van der Waals surface area contributed by atoms with Crippen LogP contribution in [0.5, 0.6) is 0 Å². The second kappa shape index (κ2) is 10.9. The second-order valence-electron chi connectivity index (χ2n) is 6.28. The molecule has 114 valence electrons. The molecule has 1 aromatic carbocycles. The molecule has 0 aliphatic rings. The number of benzene rings is 1. The maximum absolute atomic E-state index is 2.30. The molecular weight excluding hydrogens is 242 g/mol. The molecule has 0 heterocycles. The molecule has 0 bridgehead atoms. The standard InChI is InChI=1S/C19H33N/c1-4-5-6-7-8-9-10-11-12-13-18-14-16-19(17-15-18)20(2)3/h14-17H,4-13H2,1-3H3/p+1. The van der Waals surface area contributed by atoms with Gasteiger partial charge in [-0.2, -0.15) is 0 Å². The van der Waals surface area contributed by atoms with Crippen molar-refractivity contribution in [1.29, 1.82) is 0 Å². The van der Waals surface area contributed by atoms with Gasteiger partial charge in [0, 0.05) is 0 Å². The first kappa shape index (κ1) is 17.2. The van der Waals surface area contributed by atoms with E-state index in [1.54, 1.807) is 0 Å². The van der Waals surface area contributed by atoms with E-state index in [1.807, 2.05) is 0 Å². The Morgan fingerprint density at radius 2 is 1.20 bits per heavy atom. The van der Waals surface area contributed by atoms with E-state index in [4.69, 9.17) is 0 Å². The Balaban J connectivity index is 2.01. The molecule has 0 unspecified atom stereocenters. The van der Waals surface area contributed by atoms with Crippen LogP contribution in [-0.4, -0.2) is 14.1 Å². The third kappa shape index (κ3) is 7.69. The molecular formula is C19H34N+. The Morgan fingerprint density at radius 1 is 0.700 bits per heavy atom. The number of hydrogen-bond donors (Lipinski definition) is 1. The quantitative estimate of drug-likeness (QED) is 0.566. The number of hydrogen-bond acceptors (Lipinski definition) is 0. The molecule has 0 aliphatic heterocycles. The molecule has 0 aromatic heterocycles. The van der Waals surface area contributed by atoms with Crippen molar-refractivity contribution in [3.05, 3.63) is 29.8 Å². The van der Waals surface area contributed by atoms with Crippen molar-refractivity contribution < 1.29 is 4.90 Å². The van der Waals surface area contributed by atoms with E-state index in [9.17, 15) is 0 Å². The van der Waals surface area contributed by atoms with Crippen LogP contribution < -0.4 is 4.90 Å². The minimum Gasteiger partial charge on any atom is -0.307 e. The van der Waals surface area contributed by atoms with Crippen molar-refractivity contribution in [2.24, 2.45) is 0 Å². The van der Waals surface area contributed by atoms with E-state index in [0.29, 0.717) is 0 Å². The highest BCUT2D eigenvalue weighted by molar-refractivity contribution is 5.32. The highest BCUT2D eigenvalue weighted by Gasteiger charge is 2.00. The molecule has 0 spiro atoms. The Bertz CT molecular complexity index is 326. The lowest BCUT2D eigenvalue weighted by Gasteiger charge is -2.07. The van der Waals surface area contributed by atoms with Crippen LogP contribution in [0, 0.1) is 0 Å². The van der Waals surface area contributed by atoms with E-state index in [-0.39, 0.29) is 0 Å². The van der Waals surface area contributed by atoms with Gasteiger partial charge in [-0.15, -0.1) is 0 Å². The van der Waals surface area contributed by atoms with Gasteiger partial charge in [0.2, 0.25) is 0 Å². The van der Waals surface area contributed by atoms with Gasteiger partial charge in [-0.05, 0) is 30.5 Å². The molecule has 0 saturated heterocycles. The van der Waals surface area contributed by atoms with E-state index >= 15 is 0 Å². The van der Waals surface area contributed by atoms with Crippen LogP contribution in [0.3, 0.4) is 0 Å². The zero-order valence-electron chi connectivity index (χ0n) is 13.9. The molecule has 0 atom stereocenters. The van der Waals surface area contributed by atoms with Crippen molar-refractivity contribution in [1.82, 2.24) is 0 Å². The fourth-order valence-corrected chi connectivity index (χ4v) is 2.64. The summed E-state index contributed by atoms with van der Waals surface area (Å²) < 4.78 is 0. The zero-order chi connectivity index (χ0) is 14.6. The molecule has 1 rings (SSSR count). The number of aryl methyl sites for hydroxylation is 1. The van der Waals surface area contributed by atoms with Crippen molar-refractivity contribution in [2.75, 3.05) is 14.1 Å². The third-order valence-electron chi connectivity index (χ3n) is 4.10. The summed E-state index contributed by atoms with van der Waals surface area (Å²) in [6.45, 7) is 2.28. The summed E-state index contributed by atoms with van der Waals surface area (Å²) in [6.07, 6.45) is 14.0. The fourth-order valence-electron chi connectivity index (χ4n) is 2.64. The van der Waals surface area contributed by atoms with Crippen molar-refractivity contribution in [2.45, 2.75) is 71.1 Å². The van der Waals surface area contributed by atoms with Gasteiger partial charge in [-0.1, -0.05) is 70.4 Å². The SMILES string of the molecule is CCCCCCCCCCCc1ccc([NH+](C)C)cc1. The van der Waals surface area contributed by atoms with E-state index in [1.165, 1.54) is 80.4 Å². The summed E-state index contributed by atoms with van der Waals surface area (Å²) in [5.41, 5.74) is 2.87. The van der Waals surface area contributed by atoms with Gasteiger partial charge >= 0.3 is 0 Å². The van der Waals surface area contributed by atoms with Crippen LogP contribution in [-0.2, 0) is 6.42 Å². The van der Waals surface area contributed by atoms with Crippen LogP contribution in [0.15, 0.2) is 24.3 Å². The molecule has 0 saturated carbocycles. The normalized spacial score (nSPS) is 11.2. The lowest BCUT2D eigenvalue weighted by Crippen LogP contribution is -3.00. The van der Waals surface area contributed by atoms with Crippen molar-refractivity contribution in [3.63, 3.8) is 0 Å². The highest BCUT2D eigenvalue weighted by Crippen LogP contribution is 2.12. The summed E-state index contributed by atoms with van der Waals surface area (Å²) in [7, 11) is 4.35. The first-order valence-electron chi connectivity index (χ1n) is 8.63. The average molecular weight is 276 g/mol. The molecule has 0 amide bonds. The predicted molar refractivity (Wildman–Crippen MR) is 89.8 cm³/mol. The third-order valence-corrected chi connectivity index (χ3v) is 4.10. The van der Waals surface area contributed by atoms with Gasteiger partial charge in [0.15, 0.2) is 0 Å². The maximum atomic E-state index is 2.30. The zero-order valence-corrected chi connectivity index (χ0v) is 13.9.